The van der Waals surface area contributed by atoms with Crippen molar-refractivity contribution >= 4 is 23.2 Å². The van der Waals surface area contributed by atoms with Gasteiger partial charge < -0.3 is 4.90 Å². The Morgan fingerprint density at radius 2 is 1.83 bits per heavy atom. The number of benzene rings is 2. The van der Waals surface area contributed by atoms with E-state index in [9.17, 15) is 4.79 Å². The van der Waals surface area contributed by atoms with Gasteiger partial charge in [-0.3, -0.25) is 10.1 Å². The number of amides is 1. The van der Waals surface area contributed by atoms with E-state index in [4.69, 9.17) is 11.6 Å². The number of carbonyl (C=O) groups is 1. The number of nitrogens with one attached hydrogen (secondary N) is 1. The van der Waals surface area contributed by atoms with Gasteiger partial charge in [0, 0.05) is 23.3 Å². The van der Waals surface area contributed by atoms with E-state index in [1.807, 2.05) is 61.2 Å². The minimum absolute atomic E-state index is 0.0143. The number of carbonyl (C=O) groups excluding carboxylic acids is 1. The van der Waals surface area contributed by atoms with Crippen LogP contribution in [0.5, 0.6) is 0 Å². The molecule has 0 saturated carbocycles. The number of hydrogen-bond acceptors (Lipinski definition) is 2. The van der Waals surface area contributed by atoms with Crippen LogP contribution >= 0.6 is 11.6 Å². The number of halogens is 1. The van der Waals surface area contributed by atoms with Crippen molar-refractivity contribution in [1.82, 2.24) is 5.32 Å². The van der Waals surface area contributed by atoms with E-state index in [1.54, 1.807) is 0 Å². The monoisotopic (exact) mass is 328 g/mol. The maximum atomic E-state index is 12.8. The van der Waals surface area contributed by atoms with Gasteiger partial charge in [0.25, 0.3) is 0 Å². The normalized spacial score (nSPS) is 16.0. The summed E-state index contributed by atoms with van der Waals surface area (Å²) in [5.74, 6) is 0.105. The first kappa shape index (κ1) is 16.0. The van der Waals surface area contributed by atoms with Crippen molar-refractivity contribution in [2.75, 3.05) is 11.4 Å². The lowest BCUT2D eigenvalue weighted by molar-refractivity contribution is -0.120. The maximum Gasteiger partial charge on any atom is 0.243 e. The third-order valence-corrected chi connectivity index (χ3v) is 4.74. The summed E-state index contributed by atoms with van der Waals surface area (Å²) in [7, 11) is 0. The van der Waals surface area contributed by atoms with Gasteiger partial charge in [-0.1, -0.05) is 48.0 Å². The Hall–Kier alpha value is -1.84. The Morgan fingerprint density at radius 1 is 1.13 bits per heavy atom. The molecular formula is C19H21ClN2O. The molecule has 0 fully saturated rings. The van der Waals surface area contributed by atoms with Crippen molar-refractivity contribution in [3.05, 3.63) is 64.7 Å². The SMILES string of the molecule is C[C@@H](N[C@H](C)c1ccccc1Cl)C(=O)N1CCc2ccccc21. The quantitative estimate of drug-likeness (QED) is 0.921. The highest BCUT2D eigenvalue weighted by molar-refractivity contribution is 6.31. The zero-order valence-electron chi connectivity index (χ0n) is 13.4. The van der Waals surface area contributed by atoms with Crippen molar-refractivity contribution in [2.45, 2.75) is 32.4 Å². The second kappa shape index (κ2) is 6.73. The third kappa shape index (κ3) is 3.26. The van der Waals surface area contributed by atoms with Crippen LogP contribution in [0.2, 0.25) is 5.02 Å². The van der Waals surface area contributed by atoms with Crippen LogP contribution in [0.1, 0.15) is 31.0 Å². The van der Waals surface area contributed by atoms with E-state index in [1.165, 1.54) is 5.56 Å². The average Bonchev–Trinajstić information content (AvgIpc) is 2.98. The summed E-state index contributed by atoms with van der Waals surface area (Å²) in [6, 6.07) is 15.6. The maximum absolute atomic E-state index is 12.8. The van der Waals surface area contributed by atoms with Crippen molar-refractivity contribution in [1.29, 1.82) is 0 Å². The van der Waals surface area contributed by atoms with Gasteiger partial charge >= 0.3 is 0 Å². The fourth-order valence-corrected chi connectivity index (χ4v) is 3.46. The zero-order valence-corrected chi connectivity index (χ0v) is 14.2. The molecule has 3 rings (SSSR count). The Kier molecular flexibility index (Phi) is 4.69. The van der Waals surface area contributed by atoms with E-state index in [-0.39, 0.29) is 18.0 Å². The minimum atomic E-state index is -0.271. The molecule has 0 aliphatic carbocycles. The lowest BCUT2D eigenvalue weighted by Crippen LogP contribution is -2.45. The van der Waals surface area contributed by atoms with Crippen LogP contribution in [0, 0.1) is 0 Å². The first-order valence-electron chi connectivity index (χ1n) is 7.97. The Balaban J connectivity index is 1.70. The molecule has 1 aliphatic rings. The predicted octanol–water partition coefficient (Wildman–Crippen LogP) is 3.97. The molecule has 3 nitrogen and oxygen atoms in total. The summed E-state index contributed by atoms with van der Waals surface area (Å²) in [5, 5.41) is 4.09. The highest BCUT2D eigenvalue weighted by Gasteiger charge is 2.28. The Morgan fingerprint density at radius 3 is 2.61 bits per heavy atom. The molecule has 0 radical (unpaired) electrons. The van der Waals surface area contributed by atoms with E-state index in [0.29, 0.717) is 0 Å². The van der Waals surface area contributed by atoms with Gasteiger partial charge in [0.05, 0.1) is 6.04 Å². The topological polar surface area (TPSA) is 32.3 Å². The van der Waals surface area contributed by atoms with Gasteiger partial charge in [-0.15, -0.1) is 0 Å². The summed E-state index contributed by atoms with van der Waals surface area (Å²) < 4.78 is 0. The molecule has 1 heterocycles. The van der Waals surface area contributed by atoms with E-state index >= 15 is 0 Å². The standard InChI is InChI=1S/C19H21ClN2O/c1-13(16-8-4-5-9-17(16)20)21-14(2)19(23)22-12-11-15-7-3-6-10-18(15)22/h3-10,13-14,21H,11-12H2,1-2H3/t13-,14-/m1/s1. The van der Waals surface area contributed by atoms with Gasteiger partial charge in [-0.05, 0) is 43.5 Å². The fourth-order valence-electron chi connectivity index (χ4n) is 3.16. The van der Waals surface area contributed by atoms with Crippen LogP contribution in [-0.4, -0.2) is 18.5 Å². The number of anilines is 1. The Bertz CT molecular complexity index is 716. The highest BCUT2D eigenvalue weighted by atomic mass is 35.5. The molecule has 1 amide bonds. The van der Waals surface area contributed by atoms with Crippen LogP contribution in [-0.2, 0) is 11.2 Å². The summed E-state index contributed by atoms with van der Waals surface area (Å²) in [6.07, 6.45) is 0.925. The van der Waals surface area contributed by atoms with Gasteiger partial charge in [0.1, 0.15) is 0 Å². The fraction of sp³-hybridized carbons (Fsp3) is 0.316. The predicted molar refractivity (Wildman–Crippen MR) is 95.0 cm³/mol. The third-order valence-electron chi connectivity index (χ3n) is 4.40. The molecule has 4 heteroatoms. The molecule has 120 valence electrons. The lowest BCUT2D eigenvalue weighted by Gasteiger charge is -2.25. The molecule has 0 aromatic heterocycles. The zero-order chi connectivity index (χ0) is 16.4. The molecule has 2 aromatic rings. The molecular weight excluding hydrogens is 308 g/mol. The van der Waals surface area contributed by atoms with Crippen molar-refractivity contribution in [2.24, 2.45) is 0 Å². The number of fused-ring (bicyclic) bond motifs is 1. The molecule has 2 aromatic carbocycles. The van der Waals surface area contributed by atoms with Crippen LogP contribution in [0.3, 0.4) is 0 Å². The second-order valence-corrected chi connectivity index (χ2v) is 6.41. The first-order valence-corrected chi connectivity index (χ1v) is 8.35. The Labute approximate surface area is 142 Å². The van der Waals surface area contributed by atoms with Crippen LogP contribution < -0.4 is 10.2 Å². The van der Waals surface area contributed by atoms with E-state index in [0.717, 1.165) is 29.2 Å². The second-order valence-electron chi connectivity index (χ2n) is 6.00. The number of nitrogens with zero attached hydrogens (tertiary/aromatic N) is 1. The average molecular weight is 329 g/mol. The molecule has 23 heavy (non-hydrogen) atoms. The molecule has 1 N–H and O–H groups in total. The van der Waals surface area contributed by atoms with Gasteiger partial charge in [0.2, 0.25) is 5.91 Å². The summed E-state index contributed by atoms with van der Waals surface area (Å²) in [4.78, 5) is 14.7. The van der Waals surface area contributed by atoms with Crippen molar-refractivity contribution in [3.63, 3.8) is 0 Å². The van der Waals surface area contributed by atoms with Crippen molar-refractivity contribution in [3.8, 4) is 0 Å². The number of para-hydroxylation sites is 1. The van der Waals surface area contributed by atoms with Crippen LogP contribution in [0.4, 0.5) is 5.69 Å². The number of hydrogen-bond donors (Lipinski definition) is 1. The molecule has 0 bridgehead atoms. The molecule has 0 spiro atoms. The number of rotatable bonds is 4. The summed E-state index contributed by atoms with van der Waals surface area (Å²) in [6.45, 7) is 4.70. The van der Waals surface area contributed by atoms with E-state index in [2.05, 4.69) is 11.4 Å². The smallest absolute Gasteiger partial charge is 0.243 e. The van der Waals surface area contributed by atoms with E-state index < -0.39 is 0 Å². The summed E-state index contributed by atoms with van der Waals surface area (Å²) >= 11 is 6.24. The lowest BCUT2D eigenvalue weighted by atomic mass is 10.1. The van der Waals surface area contributed by atoms with Gasteiger partial charge in [-0.25, -0.2) is 0 Å². The van der Waals surface area contributed by atoms with Gasteiger partial charge in [-0.2, -0.15) is 0 Å². The van der Waals surface area contributed by atoms with Crippen LogP contribution in [0.25, 0.3) is 0 Å². The van der Waals surface area contributed by atoms with Crippen LogP contribution in [0.15, 0.2) is 48.5 Å². The summed E-state index contributed by atoms with van der Waals surface area (Å²) in [5.41, 5.74) is 3.29. The van der Waals surface area contributed by atoms with Gasteiger partial charge in [0.15, 0.2) is 0 Å². The first-order chi connectivity index (χ1) is 11.1. The molecule has 0 saturated heterocycles. The highest BCUT2D eigenvalue weighted by Crippen LogP contribution is 2.28. The minimum Gasteiger partial charge on any atom is -0.310 e. The molecule has 1 aliphatic heterocycles. The van der Waals surface area contributed by atoms with Crippen molar-refractivity contribution < 1.29 is 4.79 Å². The molecule has 0 unspecified atom stereocenters. The largest absolute Gasteiger partial charge is 0.310 e. The molecule has 2 atom stereocenters.